The van der Waals surface area contributed by atoms with Gasteiger partial charge < -0.3 is 4.74 Å². The fourth-order valence-electron chi connectivity index (χ4n) is 1.39. The fraction of sp³-hybridized carbons (Fsp3) is 0.182. The number of benzene rings is 1. The molecule has 66 valence electrons. The minimum absolute atomic E-state index is 0.132. The standard InChI is InChI=1S/C11H10O2/c1-8-10(7-12)6-9-4-2-3-5-11(9)13-8/h2-8H,1H3. The van der Waals surface area contributed by atoms with Crippen LogP contribution >= 0.6 is 0 Å². The summed E-state index contributed by atoms with van der Waals surface area (Å²) in [6.07, 6.45) is 2.59. The maximum atomic E-state index is 10.6. The molecule has 0 aliphatic carbocycles. The third kappa shape index (κ3) is 1.35. The molecule has 0 spiro atoms. The highest BCUT2D eigenvalue weighted by molar-refractivity contribution is 5.85. The van der Waals surface area contributed by atoms with Crippen molar-refractivity contribution in [1.82, 2.24) is 0 Å². The van der Waals surface area contributed by atoms with Crippen molar-refractivity contribution in [3.05, 3.63) is 35.4 Å². The summed E-state index contributed by atoms with van der Waals surface area (Å²) >= 11 is 0. The second-order valence-corrected chi connectivity index (χ2v) is 3.06. The van der Waals surface area contributed by atoms with Gasteiger partial charge in [0.15, 0.2) is 0 Å². The van der Waals surface area contributed by atoms with Gasteiger partial charge in [-0.25, -0.2) is 0 Å². The average molecular weight is 174 g/mol. The van der Waals surface area contributed by atoms with Crippen LogP contribution in [0.25, 0.3) is 6.08 Å². The Morgan fingerprint density at radius 1 is 1.38 bits per heavy atom. The normalized spacial score (nSPS) is 19.8. The Hall–Kier alpha value is -1.57. The molecule has 1 aliphatic rings. The van der Waals surface area contributed by atoms with Crippen molar-refractivity contribution in [2.24, 2.45) is 0 Å². The molecule has 13 heavy (non-hydrogen) atoms. The van der Waals surface area contributed by atoms with E-state index in [9.17, 15) is 4.79 Å². The largest absolute Gasteiger partial charge is 0.485 e. The van der Waals surface area contributed by atoms with Crippen molar-refractivity contribution >= 4 is 12.4 Å². The van der Waals surface area contributed by atoms with E-state index in [0.29, 0.717) is 5.57 Å². The molecule has 0 saturated carbocycles. The van der Waals surface area contributed by atoms with Crippen molar-refractivity contribution in [3.8, 4) is 5.75 Å². The number of hydrogen-bond donors (Lipinski definition) is 0. The van der Waals surface area contributed by atoms with E-state index in [1.165, 1.54) is 0 Å². The number of ether oxygens (including phenoxy) is 1. The van der Waals surface area contributed by atoms with Gasteiger partial charge in [0.25, 0.3) is 0 Å². The third-order valence-corrected chi connectivity index (χ3v) is 2.15. The lowest BCUT2D eigenvalue weighted by atomic mass is 10.0. The SMILES string of the molecule is CC1Oc2ccccc2C=C1C=O. The molecule has 1 aromatic carbocycles. The van der Waals surface area contributed by atoms with E-state index < -0.39 is 0 Å². The van der Waals surface area contributed by atoms with Crippen LogP contribution in [0, 0.1) is 0 Å². The zero-order chi connectivity index (χ0) is 9.26. The van der Waals surface area contributed by atoms with Gasteiger partial charge in [0.05, 0.1) is 0 Å². The first kappa shape index (κ1) is 8.05. The molecule has 0 aromatic heterocycles. The van der Waals surface area contributed by atoms with Crippen LogP contribution in [-0.4, -0.2) is 12.4 Å². The summed E-state index contributed by atoms with van der Waals surface area (Å²) in [4.78, 5) is 10.6. The lowest BCUT2D eigenvalue weighted by molar-refractivity contribution is -0.105. The lowest BCUT2D eigenvalue weighted by Crippen LogP contribution is -2.19. The van der Waals surface area contributed by atoms with Crippen LogP contribution in [0.5, 0.6) is 5.75 Å². The minimum atomic E-state index is -0.132. The zero-order valence-electron chi connectivity index (χ0n) is 7.36. The molecule has 1 aromatic rings. The summed E-state index contributed by atoms with van der Waals surface area (Å²) in [5.74, 6) is 0.848. The molecule has 0 saturated heterocycles. The maximum absolute atomic E-state index is 10.6. The molecule has 2 nitrogen and oxygen atoms in total. The van der Waals surface area contributed by atoms with Crippen LogP contribution in [0.1, 0.15) is 12.5 Å². The molecule has 2 rings (SSSR count). The van der Waals surface area contributed by atoms with E-state index in [1.54, 1.807) is 0 Å². The number of carbonyl (C=O) groups is 1. The van der Waals surface area contributed by atoms with Gasteiger partial charge >= 0.3 is 0 Å². The van der Waals surface area contributed by atoms with Gasteiger partial charge in [-0.3, -0.25) is 4.79 Å². The molecule has 1 atom stereocenters. The van der Waals surface area contributed by atoms with E-state index in [4.69, 9.17) is 4.74 Å². The summed E-state index contributed by atoms with van der Waals surface area (Å²) in [6, 6.07) is 7.69. The Morgan fingerprint density at radius 2 is 2.15 bits per heavy atom. The molecule has 2 heteroatoms. The van der Waals surface area contributed by atoms with Gasteiger partial charge in [-0.1, -0.05) is 18.2 Å². The summed E-state index contributed by atoms with van der Waals surface area (Å²) in [7, 11) is 0. The van der Waals surface area contributed by atoms with Crippen molar-refractivity contribution in [2.45, 2.75) is 13.0 Å². The van der Waals surface area contributed by atoms with Crippen molar-refractivity contribution in [3.63, 3.8) is 0 Å². The van der Waals surface area contributed by atoms with Crippen LogP contribution in [-0.2, 0) is 4.79 Å². The highest BCUT2D eigenvalue weighted by Gasteiger charge is 2.16. The highest BCUT2D eigenvalue weighted by Crippen LogP contribution is 2.28. The van der Waals surface area contributed by atoms with Gasteiger partial charge in [0.1, 0.15) is 18.1 Å². The fourth-order valence-corrected chi connectivity index (χ4v) is 1.39. The van der Waals surface area contributed by atoms with E-state index in [0.717, 1.165) is 17.6 Å². The molecule has 1 aliphatic heterocycles. The van der Waals surface area contributed by atoms with Gasteiger partial charge in [-0.05, 0) is 19.1 Å². The second-order valence-electron chi connectivity index (χ2n) is 3.06. The van der Waals surface area contributed by atoms with E-state index in [1.807, 2.05) is 37.3 Å². The van der Waals surface area contributed by atoms with Crippen molar-refractivity contribution in [2.75, 3.05) is 0 Å². The van der Waals surface area contributed by atoms with Crippen LogP contribution in [0.4, 0.5) is 0 Å². The number of rotatable bonds is 1. The molecular weight excluding hydrogens is 164 g/mol. The van der Waals surface area contributed by atoms with Crippen LogP contribution in [0.15, 0.2) is 29.8 Å². The number of hydrogen-bond acceptors (Lipinski definition) is 2. The smallest absolute Gasteiger partial charge is 0.149 e. The molecule has 0 N–H and O–H groups in total. The van der Waals surface area contributed by atoms with Gasteiger partial charge in [-0.15, -0.1) is 0 Å². The van der Waals surface area contributed by atoms with Crippen LogP contribution in [0.2, 0.25) is 0 Å². The average Bonchev–Trinajstić information content (AvgIpc) is 2.17. The van der Waals surface area contributed by atoms with E-state index >= 15 is 0 Å². The van der Waals surface area contributed by atoms with Crippen molar-refractivity contribution < 1.29 is 9.53 Å². The van der Waals surface area contributed by atoms with Crippen LogP contribution in [0.3, 0.4) is 0 Å². The first-order valence-corrected chi connectivity index (χ1v) is 4.23. The highest BCUT2D eigenvalue weighted by atomic mass is 16.5. The third-order valence-electron chi connectivity index (χ3n) is 2.15. The molecular formula is C11H10O2. The number of carbonyl (C=O) groups excluding carboxylic acids is 1. The Labute approximate surface area is 76.8 Å². The Bertz CT molecular complexity index is 366. The van der Waals surface area contributed by atoms with Crippen LogP contribution < -0.4 is 4.74 Å². The predicted octanol–water partition coefficient (Wildman–Crippen LogP) is 2.05. The summed E-state index contributed by atoms with van der Waals surface area (Å²) in [5, 5.41) is 0. The van der Waals surface area contributed by atoms with Gasteiger partial charge in [-0.2, -0.15) is 0 Å². The molecule has 1 heterocycles. The predicted molar refractivity (Wildman–Crippen MR) is 50.6 cm³/mol. The van der Waals surface area contributed by atoms with E-state index in [-0.39, 0.29) is 6.10 Å². The Morgan fingerprint density at radius 3 is 2.92 bits per heavy atom. The second kappa shape index (κ2) is 3.05. The summed E-state index contributed by atoms with van der Waals surface area (Å²) in [6.45, 7) is 1.87. The Kier molecular flexibility index (Phi) is 1.89. The maximum Gasteiger partial charge on any atom is 0.149 e. The molecule has 0 fully saturated rings. The number of aldehydes is 1. The number of para-hydroxylation sites is 1. The Balaban J connectivity index is 2.49. The summed E-state index contributed by atoms with van der Waals surface area (Å²) in [5.41, 5.74) is 1.67. The van der Waals surface area contributed by atoms with Gasteiger partial charge in [0, 0.05) is 11.1 Å². The molecule has 0 radical (unpaired) electrons. The minimum Gasteiger partial charge on any atom is -0.485 e. The van der Waals surface area contributed by atoms with Crippen molar-refractivity contribution in [1.29, 1.82) is 0 Å². The van der Waals surface area contributed by atoms with E-state index in [2.05, 4.69) is 0 Å². The monoisotopic (exact) mass is 174 g/mol. The lowest BCUT2D eigenvalue weighted by Gasteiger charge is -2.21. The topological polar surface area (TPSA) is 26.3 Å². The quantitative estimate of drug-likeness (QED) is 0.609. The number of fused-ring (bicyclic) bond motifs is 1. The molecule has 0 bridgehead atoms. The van der Waals surface area contributed by atoms with Gasteiger partial charge in [0.2, 0.25) is 0 Å². The molecule has 0 amide bonds. The first-order valence-electron chi connectivity index (χ1n) is 4.23. The zero-order valence-corrected chi connectivity index (χ0v) is 7.36. The summed E-state index contributed by atoms with van der Waals surface area (Å²) < 4.78 is 5.54. The first-order chi connectivity index (χ1) is 6.31. The molecule has 1 unspecified atom stereocenters.